The molecule has 0 saturated carbocycles. The molecule has 6 heteroatoms. The summed E-state index contributed by atoms with van der Waals surface area (Å²) in [6.45, 7) is 8.38. The monoisotopic (exact) mass is 431 g/mol. The van der Waals surface area contributed by atoms with Gasteiger partial charge in [-0.1, -0.05) is 24.3 Å². The first-order valence-electron chi connectivity index (χ1n) is 10.3. The minimum Gasteiger partial charge on any atom is -0.493 e. The molecular formula is C24H33NO4S. The number of ether oxygens (including phenoxy) is 3. The van der Waals surface area contributed by atoms with Gasteiger partial charge in [0.1, 0.15) is 6.10 Å². The summed E-state index contributed by atoms with van der Waals surface area (Å²) in [6.07, 6.45) is 0.265. The van der Waals surface area contributed by atoms with Gasteiger partial charge >= 0.3 is 0 Å². The smallest absolute Gasteiger partial charge is 0.250 e. The van der Waals surface area contributed by atoms with Gasteiger partial charge in [0.2, 0.25) is 5.91 Å². The lowest BCUT2D eigenvalue weighted by Crippen LogP contribution is -2.40. The summed E-state index contributed by atoms with van der Waals surface area (Å²) >= 11 is 1.62. The molecule has 2 aromatic rings. The normalized spacial score (nSPS) is 12.1. The van der Waals surface area contributed by atoms with E-state index in [0.717, 1.165) is 16.2 Å². The number of benzene rings is 2. The summed E-state index contributed by atoms with van der Waals surface area (Å²) in [5, 5.41) is 3.01. The Balaban J connectivity index is 1.89. The molecular weight excluding hydrogens is 398 g/mol. The maximum Gasteiger partial charge on any atom is 0.250 e. The maximum absolute atomic E-state index is 12.7. The number of thioether (sulfide) groups is 1. The van der Waals surface area contributed by atoms with Crippen LogP contribution in [0.5, 0.6) is 11.5 Å². The van der Waals surface area contributed by atoms with Gasteiger partial charge in [-0.05, 0) is 63.9 Å². The molecule has 0 spiro atoms. The summed E-state index contributed by atoms with van der Waals surface area (Å²) in [5.41, 5.74) is 1.07. The van der Waals surface area contributed by atoms with Crippen LogP contribution in [0.25, 0.3) is 0 Å². The first-order valence-corrected chi connectivity index (χ1v) is 11.3. The van der Waals surface area contributed by atoms with Crippen LogP contribution in [-0.2, 0) is 16.0 Å². The van der Waals surface area contributed by atoms with Crippen LogP contribution in [0.2, 0.25) is 0 Å². The number of hydrogen-bond donors (Lipinski definition) is 1. The molecule has 1 atom stereocenters. The second-order valence-corrected chi connectivity index (χ2v) is 8.58. The first kappa shape index (κ1) is 24.1. The van der Waals surface area contributed by atoms with E-state index < -0.39 is 6.10 Å². The molecule has 0 unspecified atom stereocenters. The van der Waals surface area contributed by atoms with Crippen LogP contribution in [-0.4, -0.2) is 43.6 Å². The number of hydrogen-bond acceptors (Lipinski definition) is 5. The zero-order valence-electron chi connectivity index (χ0n) is 18.5. The van der Waals surface area contributed by atoms with Gasteiger partial charge in [0.25, 0.3) is 0 Å². The van der Waals surface area contributed by atoms with E-state index in [1.165, 1.54) is 0 Å². The molecule has 0 aliphatic carbocycles. The van der Waals surface area contributed by atoms with Crippen LogP contribution in [0.15, 0.2) is 53.4 Å². The van der Waals surface area contributed by atoms with Gasteiger partial charge in [0.05, 0.1) is 19.3 Å². The molecule has 0 radical (unpaired) electrons. The Morgan fingerprint density at radius 2 is 1.73 bits per heavy atom. The molecule has 0 aliphatic rings. The second-order valence-electron chi connectivity index (χ2n) is 7.49. The van der Waals surface area contributed by atoms with Crippen molar-refractivity contribution in [1.29, 1.82) is 0 Å². The Labute approximate surface area is 184 Å². The zero-order chi connectivity index (χ0) is 21.9. The molecule has 1 N–H and O–H groups in total. The third kappa shape index (κ3) is 8.28. The lowest BCUT2D eigenvalue weighted by atomic mass is 10.1. The molecule has 2 aromatic carbocycles. The van der Waals surface area contributed by atoms with Gasteiger partial charge in [-0.3, -0.25) is 4.79 Å². The quantitative estimate of drug-likeness (QED) is 0.493. The van der Waals surface area contributed by atoms with Gasteiger partial charge in [-0.15, -0.1) is 11.8 Å². The summed E-state index contributed by atoms with van der Waals surface area (Å²) < 4.78 is 17.0. The largest absolute Gasteiger partial charge is 0.493 e. The average Bonchev–Trinajstić information content (AvgIpc) is 2.72. The minimum atomic E-state index is -0.494. The molecule has 0 saturated heterocycles. The van der Waals surface area contributed by atoms with Crippen molar-refractivity contribution in [3.8, 4) is 11.5 Å². The summed E-state index contributed by atoms with van der Waals surface area (Å²) in [4.78, 5) is 13.8. The van der Waals surface area contributed by atoms with Crippen molar-refractivity contribution in [2.45, 2.75) is 57.3 Å². The third-order valence-electron chi connectivity index (χ3n) is 4.18. The van der Waals surface area contributed by atoms with E-state index in [2.05, 4.69) is 5.32 Å². The highest BCUT2D eigenvalue weighted by Gasteiger charge is 2.20. The van der Waals surface area contributed by atoms with Gasteiger partial charge in [-0.25, -0.2) is 0 Å². The Morgan fingerprint density at radius 3 is 2.37 bits per heavy atom. The molecule has 164 valence electrons. The fourth-order valence-electron chi connectivity index (χ4n) is 2.86. The van der Waals surface area contributed by atoms with E-state index >= 15 is 0 Å². The first-order chi connectivity index (χ1) is 14.4. The molecule has 0 heterocycles. The van der Waals surface area contributed by atoms with Crippen molar-refractivity contribution in [3.05, 3.63) is 54.1 Å². The van der Waals surface area contributed by atoms with Gasteiger partial charge in [0.15, 0.2) is 11.5 Å². The Bertz CT molecular complexity index is 780. The summed E-state index contributed by atoms with van der Waals surface area (Å²) in [6, 6.07) is 15.9. The van der Waals surface area contributed by atoms with Crippen LogP contribution >= 0.6 is 11.8 Å². The van der Waals surface area contributed by atoms with Crippen molar-refractivity contribution in [2.75, 3.05) is 19.4 Å². The lowest BCUT2D eigenvalue weighted by molar-refractivity contribution is -0.133. The zero-order valence-corrected chi connectivity index (χ0v) is 19.3. The number of amides is 1. The van der Waals surface area contributed by atoms with Crippen LogP contribution in [0, 0.1) is 0 Å². The van der Waals surface area contributed by atoms with Crippen LogP contribution in [0.4, 0.5) is 0 Å². The number of carbonyl (C=O) groups excluding carboxylic acids is 1. The van der Waals surface area contributed by atoms with Crippen LogP contribution < -0.4 is 14.8 Å². The van der Waals surface area contributed by atoms with Crippen molar-refractivity contribution in [3.63, 3.8) is 0 Å². The number of rotatable bonds is 12. The van der Waals surface area contributed by atoms with Crippen LogP contribution in [0.1, 0.15) is 33.3 Å². The average molecular weight is 432 g/mol. The van der Waals surface area contributed by atoms with Crippen molar-refractivity contribution in [1.82, 2.24) is 5.32 Å². The number of nitrogens with one attached hydrogen (secondary N) is 1. The summed E-state index contributed by atoms with van der Waals surface area (Å²) in [7, 11) is 1.63. The van der Waals surface area contributed by atoms with Gasteiger partial charge in [-0.2, -0.15) is 0 Å². The van der Waals surface area contributed by atoms with Crippen LogP contribution in [0.3, 0.4) is 0 Å². The molecule has 1 amide bonds. The highest BCUT2D eigenvalue weighted by atomic mass is 32.2. The van der Waals surface area contributed by atoms with Gasteiger partial charge < -0.3 is 19.5 Å². The van der Waals surface area contributed by atoms with E-state index in [9.17, 15) is 4.79 Å². The molecule has 0 aromatic heterocycles. The fraction of sp³-hybridized carbons (Fsp3) is 0.458. The molecule has 0 aliphatic heterocycles. The lowest BCUT2D eigenvalue weighted by Gasteiger charge is -2.20. The predicted octanol–water partition coefficient (Wildman–Crippen LogP) is 4.73. The third-order valence-corrected chi connectivity index (χ3v) is 5.25. The number of methoxy groups -OCH3 is 1. The van der Waals surface area contributed by atoms with Crippen molar-refractivity contribution < 1.29 is 19.0 Å². The highest BCUT2D eigenvalue weighted by Crippen LogP contribution is 2.29. The van der Waals surface area contributed by atoms with E-state index in [0.29, 0.717) is 24.5 Å². The fourth-order valence-corrected chi connectivity index (χ4v) is 3.78. The Hall–Kier alpha value is -2.18. The van der Waals surface area contributed by atoms with E-state index in [1.807, 2.05) is 76.2 Å². The van der Waals surface area contributed by atoms with Gasteiger partial charge in [0, 0.05) is 17.2 Å². The molecule has 0 fully saturated rings. The van der Waals surface area contributed by atoms with E-state index in [1.54, 1.807) is 18.9 Å². The second kappa shape index (κ2) is 12.5. The highest BCUT2D eigenvalue weighted by molar-refractivity contribution is 7.99. The molecule has 5 nitrogen and oxygen atoms in total. The standard InChI is InChI=1S/C24H33NO4S/c1-17(2)28-21-12-11-19(15-22(21)27-5)13-14-25-24(26)23(29-18(3)4)16-30-20-9-7-6-8-10-20/h6-12,15,17-18,23H,13-14,16H2,1-5H3,(H,25,26)/t23-/m0/s1. The van der Waals surface area contributed by atoms with E-state index in [-0.39, 0.29) is 18.1 Å². The topological polar surface area (TPSA) is 56.8 Å². The summed E-state index contributed by atoms with van der Waals surface area (Å²) in [5.74, 6) is 1.92. The number of carbonyl (C=O) groups is 1. The Kier molecular flexibility index (Phi) is 10.0. The van der Waals surface area contributed by atoms with E-state index in [4.69, 9.17) is 14.2 Å². The van der Waals surface area contributed by atoms with Crippen molar-refractivity contribution in [2.24, 2.45) is 0 Å². The molecule has 0 bridgehead atoms. The molecule has 30 heavy (non-hydrogen) atoms. The minimum absolute atomic E-state index is 0.0186. The molecule has 2 rings (SSSR count). The predicted molar refractivity (Wildman–Crippen MR) is 123 cm³/mol. The maximum atomic E-state index is 12.7. The van der Waals surface area contributed by atoms with Crippen molar-refractivity contribution >= 4 is 17.7 Å². The SMILES string of the molecule is COc1cc(CCNC(=O)[C@H](CSc2ccccc2)OC(C)C)ccc1OC(C)C. The Morgan fingerprint density at radius 1 is 1.00 bits per heavy atom.